The number of aryl methyl sites for hydroxylation is 1. The molecule has 0 bridgehead atoms. The summed E-state index contributed by atoms with van der Waals surface area (Å²) in [7, 11) is 1.38. The van der Waals surface area contributed by atoms with E-state index in [-0.39, 0.29) is 29.2 Å². The summed E-state index contributed by atoms with van der Waals surface area (Å²) in [5, 5.41) is 0. The fourth-order valence-corrected chi connectivity index (χ4v) is 1.89. The van der Waals surface area contributed by atoms with E-state index in [0.29, 0.717) is 5.69 Å². The lowest BCUT2D eigenvalue weighted by Crippen LogP contribution is -2.23. The lowest BCUT2D eigenvalue weighted by atomic mass is 10.1. The standard InChI is InChI=1S/C14H14FN3O3/c1-8-5-12(19)18(14(17-8)21-2)7-10-4-3-9(13(16)20)6-11(10)15/h3-6H,7H2,1-2H3,(H2,16,20). The van der Waals surface area contributed by atoms with Gasteiger partial charge in [-0.05, 0) is 19.1 Å². The first-order valence-electron chi connectivity index (χ1n) is 6.13. The van der Waals surface area contributed by atoms with Gasteiger partial charge in [-0.25, -0.2) is 9.37 Å². The van der Waals surface area contributed by atoms with Gasteiger partial charge in [-0.2, -0.15) is 0 Å². The summed E-state index contributed by atoms with van der Waals surface area (Å²) in [6.07, 6.45) is 0. The molecule has 1 heterocycles. The molecular formula is C14H14FN3O3. The predicted molar refractivity (Wildman–Crippen MR) is 73.8 cm³/mol. The van der Waals surface area contributed by atoms with Gasteiger partial charge in [-0.15, -0.1) is 0 Å². The number of rotatable bonds is 4. The first kappa shape index (κ1) is 14.7. The summed E-state index contributed by atoms with van der Waals surface area (Å²) in [5.41, 5.74) is 5.54. The van der Waals surface area contributed by atoms with E-state index in [1.54, 1.807) is 6.92 Å². The van der Waals surface area contributed by atoms with Crippen LogP contribution in [0.1, 0.15) is 21.6 Å². The van der Waals surface area contributed by atoms with Crippen molar-refractivity contribution in [1.29, 1.82) is 0 Å². The highest BCUT2D eigenvalue weighted by Crippen LogP contribution is 2.14. The summed E-state index contributed by atoms with van der Waals surface area (Å²) in [6, 6.07) is 5.27. The van der Waals surface area contributed by atoms with Crippen LogP contribution < -0.4 is 16.0 Å². The maximum atomic E-state index is 14.0. The summed E-state index contributed by atoms with van der Waals surface area (Å²) in [5.74, 6) is -1.34. The average Bonchev–Trinajstić information content (AvgIpc) is 2.42. The van der Waals surface area contributed by atoms with Crippen LogP contribution in [0.5, 0.6) is 6.01 Å². The Kier molecular flexibility index (Phi) is 4.02. The number of nitrogens with two attached hydrogens (primary N) is 1. The van der Waals surface area contributed by atoms with E-state index >= 15 is 0 Å². The molecule has 0 aliphatic heterocycles. The molecule has 2 rings (SSSR count). The van der Waals surface area contributed by atoms with Crippen molar-refractivity contribution in [2.24, 2.45) is 5.73 Å². The van der Waals surface area contributed by atoms with E-state index in [0.717, 1.165) is 6.07 Å². The lowest BCUT2D eigenvalue weighted by Gasteiger charge is -2.11. The largest absolute Gasteiger partial charge is 0.468 e. The number of benzene rings is 1. The summed E-state index contributed by atoms with van der Waals surface area (Å²) < 4.78 is 20.2. The van der Waals surface area contributed by atoms with Crippen molar-refractivity contribution in [2.75, 3.05) is 7.11 Å². The van der Waals surface area contributed by atoms with Crippen molar-refractivity contribution in [3.63, 3.8) is 0 Å². The molecular weight excluding hydrogens is 277 g/mol. The molecule has 21 heavy (non-hydrogen) atoms. The second-order valence-corrected chi connectivity index (χ2v) is 4.48. The Labute approximate surface area is 120 Å². The Hall–Kier alpha value is -2.70. The Morgan fingerprint density at radius 1 is 1.43 bits per heavy atom. The molecule has 0 fully saturated rings. The van der Waals surface area contributed by atoms with Crippen molar-refractivity contribution in [2.45, 2.75) is 13.5 Å². The molecule has 0 spiro atoms. The molecule has 7 heteroatoms. The number of hydrogen-bond acceptors (Lipinski definition) is 4. The Morgan fingerprint density at radius 3 is 2.71 bits per heavy atom. The fourth-order valence-electron chi connectivity index (χ4n) is 1.89. The maximum absolute atomic E-state index is 14.0. The Balaban J connectivity index is 2.43. The van der Waals surface area contributed by atoms with Crippen LogP contribution in [0, 0.1) is 12.7 Å². The van der Waals surface area contributed by atoms with Crippen molar-refractivity contribution < 1.29 is 13.9 Å². The molecule has 1 aromatic heterocycles. The van der Waals surface area contributed by atoms with E-state index in [9.17, 15) is 14.0 Å². The first-order chi connectivity index (χ1) is 9.92. The van der Waals surface area contributed by atoms with Crippen molar-refractivity contribution >= 4 is 5.91 Å². The molecule has 1 aromatic carbocycles. The molecule has 110 valence electrons. The van der Waals surface area contributed by atoms with Gasteiger partial charge in [0.05, 0.1) is 13.7 Å². The van der Waals surface area contributed by atoms with E-state index < -0.39 is 11.7 Å². The van der Waals surface area contributed by atoms with Gasteiger partial charge in [-0.1, -0.05) is 6.07 Å². The predicted octanol–water partition coefficient (Wildman–Crippen LogP) is 0.847. The highest BCUT2D eigenvalue weighted by atomic mass is 19.1. The molecule has 0 aliphatic rings. The third-order valence-electron chi connectivity index (χ3n) is 2.95. The van der Waals surface area contributed by atoms with Gasteiger partial charge < -0.3 is 10.5 Å². The number of nitrogens with zero attached hydrogens (tertiary/aromatic N) is 2. The van der Waals surface area contributed by atoms with Gasteiger partial charge in [0, 0.05) is 22.9 Å². The minimum atomic E-state index is -0.716. The molecule has 0 saturated heterocycles. The molecule has 1 amide bonds. The maximum Gasteiger partial charge on any atom is 0.299 e. The zero-order chi connectivity index (χ0) is 15.6. The Bertz CT molecular complexity index is 756. The molecule has 0 unspecified atom stereocenters. The number of hydrogen-bond donors (Lipinski definition) is 1. The number of primary amides is 1. The van der Waals surface area contributed by atoms with Crippen LogP contribution in [0.25, 0.3) is 0 Å². The van der Waals surface area contributed by atoms with E-state index in [1.165, 1.54) is 29.9 Å². The number of amides is 1. The van der Waals surface area contributed by atoms with Gasteiger partial charge in [0.25, 0.3) is 11.6 Å². The third-order valence-corrected chi connectivity index (χ3v) is 2.95. The van der Waals surface area contributed by atoms with Gasteiger partial charge in [0.15, 0.2) is 0 Å². The third kappa shape index (κ3) is 3.07. The molecule has 2 aromatic rings. The van der Waals surface area contributed by atoms with Crippen molar-refractivity contribution in [3.05, 3.63) is 57.3 Å². The number of aromatic nitrogens is 2. The number of carbonyl (C=O) groups is 1. The molecule has 0 atom stereocenters. The number of ether oxygens (including phenoxy) is 1. The normalized spacial score (nSPS) is 10.4. The van der Waals surface area contributed by atoms with Crippen LogP contribution in [-0.2, 0) is 6.54 Å². The fraction of sp³-hybridized carbons (Fsp3) is 0.214. The first-order valence-corrected chi connectivity index (χ1v) is 6.13. The minimum absolute atomic E-state index is 0.0554. The van der Waals surface area contributed by atoms with E-state index in [4.69, 9.17) is 10.5 Å². The summed E-state index contributed by atoms with van der Waals surface area (Å²) >= 11 is 0. The van der Waals surface area contributed by atoms with Crippen LogP contribution in [0.2, 0.25) is 0 Å². The SMILES string of the molecule is COc1nc(C)cc(=O)n1Cc1ccc(C(N)=O)cc1F. The van der Waals surface area contributed by atoms with Crippen LogP contribution in [0.3, 0.4) is 0 Å². The summed E-state index contributed by atoms with van der Waals surface area (Å²) in [6.45, 7) is 1.61. The van der Waals surface area contributed by atoms with Crippen LogP contribution in [0.4, 0.5) is 4.39 Å². The average molecular weight is 291 g/mol. The molecule has 0 saturated carbocycles. The van der Waals surface area contributed by atoms with E-state index in [1.807, 2.05) is 0 Å². The van der Waals surface area contributed by atoms with Crippen LogP contribution >= 0.6 is 0 Å². The molecule has 0 radical (unpaired) electrons. The topological polar surface area (TPSA) is 87.2 Å². The molecule has 0 aliphatic carbocycles. The number of methoxy groups -OCH3 is 1. The number of halogens is 1. The highest BCUT2D eigenvalue weighted by molar-refractivity contribution is 5.92. The quantitative estimate of drug-likeness (QED) is 0.904. The van der Waals surface area contributed by atoms with Crippen LogP contribution in [-0.4, -0.2) is 22.6 Å². The number of carbonyl (C=O) groups excluding carboxylic acids is 1. The van der Waals surface area contributed by atoms with Gasteiger partial charge in [0.2, 0.25) is 5.91 Å². The zero-order valence-electron chi connectivity index (χ0n) is 11.6. The monoisotopic (exact) mass is 291 g/mol. The van der Waals surface area contributed by atoms with Crippen molar-refractivity contribution in [1.82, 2.24) is 9.55 Å². The van der Waals surface area contributed by atoms with Gasteiger partial charge in [0.1, 0.15) is 5.82 Å². The van der Waals surface area contributed by atoms with Crippen molar-refractivity contribution in [3.8, 4) is 6.01 Å². The van der Waals surface area contributed by atoms with Gasteiger partial charge in [-0.3, -0.25) is 14.2 Å². The second-order valence-electron chi connectivity index (χ2n) is 4.48. The summed E-state index contributed by atoms with van der Waals surface area (Å²) in [4.78, 5) is 27.0. The minimum Gasteiger partial charge on any atom is -0.468 e. The van der Waals surface area contributed by atoms with Gasteiger partial charge >= 0.3 is 0 Å². The highest BCUT2D eigenvalue weighted by Gasteiger charge is 2.12. The molecule has 2 N–H and O–H groups in total. The zero-order valence-corrected chi connectivity index (χ0v) is 11.6. The van der Waals surface area contributed by atoms with Crippen LogP contribution in [0.15, 0.2) is 29.1 Å². The molecule has 6 nitrogen and oxygen atoms in total. The Morgan fingerprint density at radius 2 is 2.14 bits per heavy atom. The second kappa shape index (κ2) is 5.74. The lowest BCUT2D eigenvalue weighted by molar-refractivity contribution is 0.1000. The van der Waals surface area contributed by atoms with E-state index in [2.05, 4.69) is 4.98 Å². The smallest absolute Gasteiger partial charge is 0.299 e.